The fourth-order valence-corrected chi connectivity index (χ4v) is 1.16. The number of nitro groups is 1. The summed E-state index contributed by atoms with van der Waals surface area (Å²) in [7, 11) is 1.16. The van der Waals surface area contributed by atoms with E-state index in [0.717, 1.165) is 7.11 Å². The molecule has 0 unspecified atom stereocenters. The molecule has 0 amide bonds. The number of ether oxygens (including phenoxy) is 1. The molecule has 0 N–H and O–H groups in total. The fraction of sp³-hybridized carbons (Fsp3) is 0.100. The second-order valence-electron chi connectivity index (χ2n) is 2.63. The summed E-state index contributed by atoms with van der Waals surface area (Å²) in [6.07, 6.45) is 2.40. The van der Waals surface area contributed by atoms with Gasteiger partial charge in [-0.15, -0.1) is 0 Å². The maximum absolute atomic E-state index is 11.2. The predicted molar refractivity (Wildman–Crippen MR) is 52.4 cm³/mol. The number of esters is 1. The number of hydrogen-bond acceptors (Lipinski definition) is 4. The number of methoxy groups -OCH3 is 1. The molecule has 1 radical (unpaired) electrons. The Labute approximate surface area is 86.1 Å². The van der Waals surface area contributed by atoms with E-state index in [1.807, 2.05) is 0 Å². The predicted octanol–water partition coefficient (Wildman–Crippen LogP) is 1.72. The number of hydrogen-bond donors (Lipinski definition) is 0. The molecule has 0 bridgehead atoms. The molecule has 0 atom stereocenters. The van der Waals surface area contributed by atoms with Gasteiger partial charge < -0.3 is 4.74 Å². The number of nitro benzene ring substituents is 1. The molecule has 0 aliphatic heterocycles. The zero-order chi connectivity index (χ0) is 11.4. The second-order valence-corrected chi connectivity index (χ2v) is 2.63. The van der Waals surface area contributed by atoms with Crippen molar-refractivity contribution < 1.29 is 14.5 Å². The second kappa shape index (κ2) is 4.36. The Morgan fingerprint density at radius 1 is 1.60 bits per heavy atom. The lowest BCUT2D eigenvalue weighted by Crippen LogP contribution is -2.06. The summed E-state index contributed by atoms with van der Waals surface area (Å²) in [6.45, 7) is 3.32. The Bertz CT molecular complexity index is 425. The van der Waals surface area contributed by atoms with Crippen LogP contribution in [0.4, 0.5) is 5.69 Å². The zero-order valence-corrected chi connectivity index (χ0v) is 8.02. The van der Waals surface area contributed by atoms with Gasteiger partial charge in [0.05, 0.1) is 17.6 Å². The minimum atomic E-state index is -0.751. The molecule has 5 heteroatoms. The van der Waals surface area contributed by atoms with Gasteiger partial charge in [0, 0.05) is 0 Å². The van der Waals surface area contributed by atoms with Gasteiger partial charge in [0.2, 0.25) is 0 Å². The van der Waals surface area contributed by atoms with Gasteiger partial charge in [0.25, 0.3) is 5.69 Å². The van der Waals surface area contributed by atoms with E-state index >= 15 is 0 Å². The van der Waals surface area contributed by atoms with Crippen LogP contribution in [0, 0.1) is 16.2 Å². The van der Waals surface area contributed by atoms with E-state index < -0.39 is 10.9 Å². The van der Waals surface area contributed by atoms with E-state index in [4.69, 9.17) is 0 Å². The molecule has 77 valence electrons. The molecular formula is C10H8NO4. The van der Waals surface area contributed by atoms with Crippen molar-refractivity contribution in [1.29, 1.82) is 0 Å². The van der Waals surface area contributed by atoms with Crippen molar-refractivity contribution in [2.75, 3.05) is 7.11 Å². The minimum Gasteiger partial charge on any atom is -0.465 e. The smallest absolute Gasteiger partial charge is 0.344 e. The van der Waals surface area contributed by atoms with Crippen molar-refractivity contribution in [3.63, 3.8) is 0 Å². The Hall–Kier alpha value is -2.17. The van der Waals surface area contributed by atoms with Crippen LogP contribution in [-0.2, 0) is 4.74 Å². The molecule has 0 aliphatic carbocycles. The molecular weight excluding hydrogens is 198 g/mol. The molecule has 0 saturated heterocycles. The first-order chi connectivity index (χ1) is 7.11. The summed E-state index contributed by atoms with van der Waals surface area (Å²) in [5.41, 5.74) is -0.265. The molecule has 1 aromatic carbocycles. The van der Waals surface area contributed by atoms with Gasteiger partial charge in [-0.3, -0.25) is 10.1 Å². The summed E-state index contributed by atoms with van der Waals surface area (Å²) >= 11 is 0. The lowest BCUT2D eigenvalue weighted by molar-refractivity contribution is -0.385. The van der Waals surface area contributed by atoms with E-state index in [-0.39, 0.29) is 16.8 Å². The highest BCUT2D eigenvalue weighted by molar-refractivity contribution is 5.94. The van der Waals surface area contributed by atoms with E-state index in [1.54, 1.807) is 0 Å². The number of para-hydroxylation sites is 1. The first-order valence-electron chi connectivity index (χ1n) is 4.00. The molecule has 1 aromatic rings. The average Bonchev–Trinajstić information content (AvgIpc) is 2.26. The molecule has 0 aromatic heterocycles. The van der Waals surface area contributed by atoms with E-state index in [2.05, 4.69) is 17.4 Å². The van der Waals surface area contributed by atoms with Crippen molar-refractivity contribution in [1.82, 2.24) is 0 Å². The van der Waals surface area contributed by atoms with Crippen LogP contribution in [0.25, 0.3) is 0 Å². The third-order valence-corrected chi connectivity index (χ3v) is 1.81. The lowest BCUT2D eigenvalue weighted by Gasteiger charge is -2.02. The molecule has 0 fully saturated rings. The van der Waals surface area contributed by atoms with Crippen LogP contribution >= 0.6 is 0 Å². The normalized spacial score (nSPS) is 9.40. The van der Waals surface area contributed by atoms with Crippen LogP contribution in [0.3, 0.4) is 0 Å². The van der Waals surface area contributed by atoms with Crippen molar-refractivity contribution in [2.45, 2.75) is 0 Å². The van der Waals surface area contributed by atoms with Gasteiger partial charge in [0.1, 0.15) is 5.56 Å². The maximum atomic E-state index is 11.2. The summed E-state index contributed by atoms with van der Waals surface area (Å²) in [5, 5.41) is 10.8. The first-order valence-corrected chi connectivity index (χ1v) is 4.00. The van der Waals surface area contributed by atoms with Crippen molar-refractivity contribution >= 4 is 11.7 Å². The molecule has 1 rings (SSSR count). The Balaban J connectivity index is 3.44. The largest absolute Gasteiger partial charge is 0.465 e. The van der Waals surface area contributed by atoms with E-state index in [9.17, 15) is 14.9 Å². The molecule has 0 spiro atoms. The average molecular weight is 206 g/mol. The van der Waals surface area contributed by atoms with E-state index in [0.29, 0.717) is 0 Å². The fourth-order valence-electron chi connectivity index (χ4n) is 1.16. The molecule has 15 heavy (non-hydrogen) atoms. The molecule has 0 aliphatic rings. The van der Waals surface area contributed by atoms with Crippen molar-refractivity contribution in [3.05, 3.63) is 52.1 Å². The van der Waals surface area contributed by atoms with Gasteiger partial charge in [-0.05, 0) is 18.2 Å². The maximum Gasteiger partial charge on any atom is 0.344 e. The van der Waals surface area contributed by atoms with Crippen LogP contribution in [0.5, 0.6) is 0 Å². The van der Waals surface area contributed by atoms with Gasteiger partial charge in [-0.2, -0.15) is 0 Å². The first kappa shape index (κ1) is 10.9. The zero-order valence-electron chi connectivity index (χ0n) is 8.02. The molecule has 5 nitrogen and oxygen atoms in total. The van der Waals surface area contributed by atoms with Gasteiger partial charge >= 0.3 is 5.97 Å². The van der Waals surface area contributed by atoms with Gasteiger partial charge in [-0.1, -0.05) is 12.6 Å². The highest BCUT2D eigenvalue weighted by Crippen LogP contribution is 2.24. The summed E-state index contributed by atoms with van der Waals surface area (Å²) in [6, 6.07) is 4.29. The molecule has 0 heterocycles. The third kappa shape index (κ3) is 2.01. The van der Waals surface area contributed by atoms with Crippen LogP contribution in [-0.4, -0.2) is 18.0 Å². The SMILES string of the molecule is C=[C]c1cccc(C(=O)OC)c1[N+](=O)[O-]. The van der Waals surface area contributed by atoms with Crippen LogP contribution in [0.2, 0.25) is 0 Å². The Morgan fingerprint density at radius 3 is 2.73 bits per heavy atom. The topological polar surface area (TPSA) is 69.4 Å². The van der Waals surface area contributed by atoms with Crippen molar-refractivity contribution in [3.8, 4) is 0 Å². The summed E-state index contributed by atoms with van der Waals surface area (Å²) in [5.74, 6) is -0.751. The lowest BCUT2D eigenvalue weighted by atomic mass is 10.1. The number of carbonyl (C=O) groups is 1. The van der Waals surface area contributed by atoms with Crippen LogP contribution in [0.15, 0.2) is 24.8 Å². The van der Waals surface area contributed by atoms with Crippen molar-refractivity contribution in [2.24, 2.45) is 0 Å². The Morgan fingerprint density at radius 2 is 2.27 bits per heavy atom. The highest BCUT2D eigenvalue weighted by Gasteiger charge is 2.23. The number of rotatable bonds is 3. The van der Waals surface area contributed by atoms with Crippen LogP contribution in [0.1, 0.15) is 15.9 Å². The van der Waals surface area contributed by atoms with E-state index in [1.165, 1.54) is 18.2 Å². The number of nitrogens with zero attached hydrogens (tertiary/aromatic N) is 1. The highest BCUT2D eigenvalue weighted by atomic mass is 16.6. The summed E-state index contributed by atoms with van der Waals surface area (Å²) in [4.78, 5) is 21.3. The van der Waals surface area contributed by atoms with Gasteiger partial charge in [0.15, 0.2) is 0 Å². The minimum absolute atomic E-state index is 0.101. The molecule has 0 saturated carbocycles. The number of benzene rings is 1. The monoisotopic (exact) mass is 206 g/mol. The third-order valence-electron chi connectivity index (χ3n) is 1.81. The Kier molecular flexibility index (Phi) is 3.17. The standard InChI is InChI=1S/C10H8NO4/c1-3-7-5-4-6-8(10(12)15-2)9(7)11(13)14/h4-6H,1H2,2H3. The quantitative estimate of drug-likeness (QED) is 0.429. The number of carbonyl (C=O) groups excluding carboxylic acids is 1. The van der Waals surface area contributed by atoms with Gasteiger partial charge in [-0.25, -0.2) is 4.79 Å². The van der Waals surface area contributed by atoms with Crippen LogP contribution < -0.4 is 0 Å². The summed E-state index contributed by atoms with van der Waals surface area (Å²) < 4.78 is 4.44.